The molecule has 7 heteroatoms. The van der Waals surface area contributed by atoms with E-state index in [1.54, 1.807) is 12.3 Å². The van der Waals surface area contributed by atoms with Gasteiger partial charge in [-0.1, -0.05) is 36.2 Å². The standard InChI is InChI=1S/C18H21Cl2N3OS/c1-12-4-6-23(7-5-12)11-17(24)22-18-21-10-14(25-18)8-13-2-3-15(19)16(20)9-13/h2-3,9-10,12H,4-8,11H2,1H3,(H,21,22,24)/p+1. The van der Waals surface area contributed by atoms with Crippen LogP contribution in [-0.4, -0.2) is 30.5 Å². The Morgan fingerprint density at radius 1 is 1.32 bits per heavy atom. The summed E-state index contributed by atoms with van der Waals surface area (Å²) in [5, 5.41) is 4.69. The van der Waals surface area contributed by atoms with Gasteiger partial charge in [-0.3, -0.25) is 10.1 Å². The van der Waals surface area contributed by atoms with E-state index in [-0.39, 0.29) is 5.91 Å². The first-order valence-corrected chi connectivity index (χ1v) is 10.1. The van der Waals surface area contributed by atoms with Crippen molar-refractivity contribution in [3.8, 4) is 0 Å². The van der Waals surface area contributed by atoms with Crippen LogP contribution >= 0.6 is 34.5 Å². The van der Waals surface area contributed by atoms with Crippen molar-refractivity contribution in [1.82, 2.24) is 4.98 Å². The molecule has 1 aromatic carbocycles. The number of thiazole rings is 1. The van der Waals surface area contributed by atoms with E-state index in [1.165, 1.54) is 29.1 Å². The molecule has 3 rings (SSSR count). The van der Waals surface area contributed by atoms with Gasteiger partial charge in [-0.05, 0) is 36.5 Å². The molecule has 1 aliphatic rings. The quantitative estimate of drug-likeness (QED) is 0.811. The van der Waals surface area contributed by atoms with Crippen LogP contribution in [0.25, 0.3) is 0 Å². The van der Waals surface area contributed by atoms with E-state index in [0.717, 1.165) is 35.9 Å². The van der Waals surface area contributed by atoms with Crippen molar-refractivity contribution in [2.75, 3.05) is 25.0 Å². The minimum absolute atomic E-state index is 0.0417. The van der Waals surface area contributed by atoms with Gasteiger partial charge >= 0.3 is 0 Å². The molecule has 0 aliphatic carbocycles. The first kappa shape index (κ1) is 18.6. The number of likely N-dealkylation sites (tertiary alicyclic amines) is 1. The molecule has 2 N–H and O–H groups in total. The van der Waals surface area contributed by atoms with Crippen molar-refractivity contribution in [2.45, 2.75) is 26.2 Å². The molecule has 1 aromatic heterocycles. The molecule has 1 saturated heterocycles. The number of quaternary nitrogens is 1. The first-order valence-electron chi connectivity index (χ1n) is 8.51. The molecule has 0 atom stereocenters. The van der Waals surface area contributed by atoms with Gasteiger partial charge in [0.25, 0.3) is 5.91 Å². The molecule has 0 spiro atoms. The lowest BCUT2D eigenvalue weighted by Gasteiger charge is -2.26. The number of aromatic nitrogens is 1. The summed E-state index contributed by atoms with van der Waals surface area (Å²) in [5.74, 6) is 0.828. The number of carbonyl (C=O) groups excluding carboxylic acids is 1. The Hall–Kier alpha value is -1.14. The molecule has 0 saturated carbocycles. The second kappa shape index (κ2) is 8.49. The summed E-state index contributed by atoms with van der Waals surface area (Å²) in [6.07, 6.45) is 4.93. The van der Waals surface area contributed by atoms with Crippen molar-refractivity contribution in [3.05, 3.63) is 44.9 Å². The first-order chi connectivity index (χ1) is 12.0. The highest BCUT2D eigenvalue weighted by Gasteiger charge is 2.21. The Bertz CT molecular complexity index is 742. The lowest BCUT2D eigenvalue weighted by molar-refractivity contribution is -0.897. The Morgan fingerprint density at radius 3 is 2.80 bits per heavy atom. The third kappa shape index (κ3) is 5.42. The van der Waals surface area contributed by atoms with Gasteiger partial charge in [-0.15, -0.1) is 11.3 Å². The predicted molar refractivity (Wildman–Crippen MR) is 104 cm³/mol. The van der Waals surface area contributed by atoms with Gasteiger partial charge in [0.2, 0.25) is 0 Å². The van der Waals surface area contributed by atoms with Gasteiger partial charge in [-0.25, -0.2) is 4.98 Å². The van der Waals surface area contributed by atoms with Crippen LogP contribution in [0.3, 0.4) is 0 Å². The van der Waals surface area contributed by atoms with Crippen LogP contribution in [0.5, 0.6) is 0 Å². The molecule has 134 valence electrons. The maximum atomic E-state index is 12.2. The van der Waals surface area contributed by atoms with Gasteiger partial charge in [-0.2, -0.15) is 0 Å². The highest BCUT2D eigenvalue weighted by Crippen LogP contribution is 2.26. The molecule has 2 aromatic rings. The van der Waals surface area contributed by atoms with Gasteiger partial charge in [0.15, 0.2) is 11.7 Å². The molecule has 1 amide bonds. The average Bonchev–Trinajstić information content (AvgIpc) is 3.00. The van der Waals surface area contributed by atoms with E-state index in [2.05, 4.69) is 17.2 Å². The molecule has 1 fully saturated rings. The van der Waals surface area contributed by atoms with E-state index < -0.39 is 0 Å². The van der Waals surface area contributed by atoms with Crippen molar-refractivity contribution in [3.63, 3.8) is 0 Å². The van der Waals surface area contributed by atoms with E-state index in [1.807, 2.05) is 12.1 Å². The van der Waals surface area contributed by atoms with E-state index in [4.69, 9.17) is 23.2 Å². The number of nitrogens with zero attached hydrogens (tertiary/aromatic N) is 1. The topological polar surface area (TPSA) is 46.4 Å². The number of hydrogen-bond acceptors (Lipinski definition) is 3. The Labute approximate surface area is 162 Å². The molecule has 0 radical (unpaired) electrons. The normalized spacial score (nSPS) is 20.4. The smallest absolute Gasteiger partial charge is 0.281 e. The number of nitrogens with one attached hydrogen (secondary N) is 2. The fourth-order valence-electron chi connectivity index (χ4n) is 3.04. The Kier molecular flexibility index (Phi) is 6.34. The maximum absolute atomic E-state index is 12.2. The minimum Gasteiger partial charge on any atom is -0.327 e. The van der Waals surface area contributed by atoms with Crippen LogP contribution in [0, 0.1) is 5.92 Å². The number of halogens is 2. The molecule has 2 heterocycles. The zero-order chi connectivity index (χ0) is 17.8. The number of carbonyl (C=O) groups is 1. The monoisotopic (exact) mass is 398 g/mol. The van der Waals surface area contributed by atoms with Gasteiger partial charge < -0.3 is 4.90 Å². The zero-order valence-electron chi connectivity index (χ0n) is 14.1. The van der Waals surface area contributed by atoms with Crippen LogP contribution in [0.2, 0.25) is 10.0 Å². The fraction of sp³-hybridized carbons (Fsp3) is 0.444. The van der Waals surface area contributed by atoms with E-state index in [9.17, 15) is 4.79 Å². The highest BCUT2D eigenvalue weighted by atomic mass is 35.5. The summed E-state index contributed by atoms with van der Waals surface area (Å²) in [5.41, 5.74) is 1.07. The second-order valence-electron chi connectivity index (χ2n) is 6.71. The van der Waals surface area contributed by atoms with Crippen molar-refractivity contribution >= 4 is 45.6 Å². The van der Waals surface area contributed by atoms with Crippen molar-refractivity contribution in [1.29, 1.82) is 0 Å². The Morgan fingerprint density at radius 2 is 2.08 bits per heavy atom. The number of anilines is 1. The second-order valence-corrected chi connectivity index (χ2v) is 8.64. The summed E-state index contributed by atoms with van der Waals surface area (Å²) in [6, 6.07) is 5.61. The zero-order valence-corrected chi connectivity index (χ0v) is 16.5. The Balaban J connectivity index is 1.52. The van der Waals surface area contributed by atoms with Gasteiger partial charge in [0.1, 0.15) is 0 Å². The van der Waals surface area contributed by atoms with Gasteiger partial charge in [0, 0.05) is 17.5 Å². The third-order valence-corrected chi connectivity index (χ3v) is 6.21. The molecule has 25 heavy (non-hydrogen) atoms. The third-order valence-electron chi connectivity index (χ3n) is 4.55. The van der Waals surface area contributed by atoms with Gasteiger partial charge in [0.05, 0.1) is 23.1 Å². The van der Waals surface area contributed by atoms with Crippen LogP contribution in [0.4, 0.5) is 5.13 Å². The summed E-state index contributed by atoms with van der Waals surface area (Å²) in [4.78, 5) is 19.0. The maximum Gasteiger partial charge on any atom is 0.281 e. The number of benzene rings is 1. The average molecular weight is 399 g/mol. The molecule has 4 nitrogen and oxygen atoms in total. The largest absolute Gasteiger partial charge is 0.327 e. The van der Waals surface area contributed by atoms with E-state index >= 15 is 0 Å². The van der Waals surface area contributed by atoms with Crippen molar-refractivity contribution < 1.29 is 9.69 Å². The summed E-state index contributed by atoms with van der Waals surface area (Å²) in [7, 11) is 0. The SMILES string of the molecule is CC1CC[NH+](CC(=O)Nc2ncc(Cc3ccc(Cl)c(Cl)c3)s2)CC1. The number of piperidine rings is 1. The number of amides is 1. The predicted octanol–water partition coefficient (Wildman–Crippen LogP) is 3.29. The summed E-state index contributed by atoms with van der Waals surface area (Å²) >= 11 is 13.5. The molecule has 0 bridgehead atoms. The van der Waals surface area contributed by atoms with Crippen molar-refractivity contribution in [2.24, 2.45) is 5.92 Å². The number of hydrogen-bond donors (Lipinski definition) is 2. The van der Waals surface area contributed by atoms with Crippen LogP contribution in [0.15, 0.2) is 24.4 Å². The summed E-state index contributed by atoms with van der Waals surface area (Å²) in [6.45, 7) is 4.96. The molecule has 1 aliphatic heterocycles. The molecular formula is C18H22Cl2N3OS+. The fourth-order valence-corrected chi connectivity index (χ4v) is 4.22. The summed E-state index contributed by atoms with van der Waals surface area (Å²) < 4.78 is 0. The number of rotatable bonds is 5. The lowest BCUT2D eigenvalue weighted by atomic mass is 9.99. The van der Waals surface area contributed by atoms with Crippen LogP contribution in [-0.2, 0) is 11.2 Å². The van der Waals surface area contributed by atoms with Crippen LogP contribution < -0.4 is 10.2 Å². The molecule has 0 unspecified atom stereocenters. The minimum atomic E-state index is 0.0417. The lowest BCUT2D eigenvalue weighted by Crippen LogP contribution is -3.14. The molecular weight excluding hydrogens is 377 g/mol. The van der Waals surface area contributed by atoms with E-state index in [0.29, 0.717) is 21.7 Å². The van der Waals surface area contributed by atoms with Crippen LogP contribution in [0.1, 0.15) is 30.2 Å². The highest BCUT2D eigenvalue weighted by molar-refractivity contribution is 7.15.